The van der Waals surface area contributed by atoms with Crippen molar-refractivity contribution in [2.45, 2.75) is 18.8 Å². The third-order valence-electron chi connectivity index (χ3n) is 6.74. The molecule has 3 aromatic rings. The predicted octanol–water partition coefficient (Wildman–Crippen LogP) is 3.85. The maximum Gasteiger partial charge on any atom is 0.256 e. The molecule has 7 nitrogen and oxygen atoms in total. The van der Waals surface area contributed by atoms with Gasteiger partial charge in [0.2, 0.25) is 5.91 Å². The molecule has 0 aliphatic carbocycles. The lowest BCUT2D eigenvalue weighted by Crippen LogP contribution is -2.52. The number of benzene rings is 2. The van der Waals surface area contributed by atoms with Crippen molar-refractivity contribution in [1.82, 2.24) is 15.1 Å². The van der Waals surface area contributed by atoms with E-state index >= 15 is 0 Å². The molecule has 180 valence electrons. The summed E-state index contributed by atoms with van der Waals surface area (Å²) in [5, 5.41) is 10.6. The highest BCUT2D eigenvalue weighted by molar-refractivity contribution is 5.95. The molecular weight excluding hydrogens is 452 g/mol. The third kappa shape index (κ3) is 4.84. The fourth-order valence-corrected chi connectivity index (χ4v) is 4.64. The Balaban J connectivity index is 1.15. The summed E-state index contributed by atoms with van der Waals surface area (Å²) >= 11 is 0. The molecule has 0 atom stereocenters. The molecule has 2 aromatic carbocycles. The maximum absolute atomic E-state index is 14.8. The standard InChI is InChI=1S/C26H25F2N5O2/c27-21-5-2-1-4-20(21)26(35)32-12-9-17(10-13-32)18-7-8-23(22(28)14-18)30-25(34)19-15-33(16-19)24-6-3-11-29-31-24/h1-8,11,14,17,19H,9-10,12-13,15-16H2,(H,30,34). The van der Waals surface area contributed by atoms with Crippen molar-refractivity contribution in [3.63, 3.8) is 0 Å². The van der Waals surface area contributed by atoms with Crippen molar-refractivity contribution in [1.29, 1.82) is 0 Å². The average Bonchev–Trinajstić information content (AvgIpc) is 2.85. The van der Waals surface area contributed by atoms with E-state index in [1.54, 1.807) is 35.4 Å². The fraction of sp³-hybridized carbons (Fsp3) is 0.308. The normalized spacial score (nSPS) is 16.6. The van der Waals surface area contributed by atoms with Crippen LogP contribution in [0, 0.1) is 17.6 Å². The van der Waals surface area contributed by atoms with Crippen molar-refractivity contribution in [3.05, 3.63) is 83.6 Å². The van der Waals surface area contributed by atoms with E-state index in [0.717, 1.165) is 5.56 Å². The largest absolute Gasteiger partial charge is 0.353 e. The first kappa shape index (κ1) is 22.9. The van der Waals surface area contributed by atoms with Crippen LogP contribution in [0.3, 0.4) is 0 Å². The zero-order valence-corrected chi connectivity index (χ0v) is 19.0. The number of amides is 2. The Morgan fingerprint density at radius 1 is 0.943 bits per heavy atom. The molecule has 0 unspecified atom stereocenters. The molecule has 0 radical (unpaired) electrons. The number of likely N-dealkylation sites (tertiary alicyclic amines) is 1. The quantitative estimate of drug-likeness (QED) is 0.604. The molecular formula is C26H25F2N5O2. The summed E-state index contributed by atoms with van der Waals surface area (Å²) in [5.74, 6) is -0.989. The predicted molar refractivity (Wildman–Crippen MR) is 127 cm³/mol. The summed E-state index contributed by atoms with van der Waals surface area (Å²) in [6.45, 7) is 1.96. The number of anilines is 2. The van der Waals surface area contributed by atoms with E-state index in [2.05, 4.69) is 15.5 Å². The molecule has 2 aliphatic rings. The molecule has 2 saturated heterocycles. The van der Waals surface area contributed by atoms with Gasteiger partial charge in [0.1, 0.15) is 11.6 Å². The van der Waals surface area contributed by atoms with Gasteiger partial charge in [-0.3, -0.25) is 9.59 Å². The van der Waals surface area contributed by atoms with E-state index < -0.39 is 11.6 Å². The lowest BCUT2D eigenvalue weighted by Gasteiger charge is -2.38. The van der Waals surface area contributed by atoms with Crippen molar-refractivity contribution in [2.24, 2.45) is 5.92 Å². The minimum atomic E-state index is -0.525. The summed E-state index contributed by atoms with van der Waals surface area (Å²) in [6.07, 6.45) is 2.91. The summed E-state index contributed by atoms with van der Waals surface area (Å²) in [6, 6.07) is 14.5. The highest BCUT2D eigenvalue weighted by Gasteiger charge is 2.34. The number of nitrogens with zero attached hydrogens (tertiary/aromatic N) is 4. The minimum absolute atomic E-state index is 0.0726. The third-order valence-corrected chi connectivity index (χ3v) is 6.74. The number of carbonyl (C=O) groups is 2. The van der Waals surface area contributed by atoms with Crippen molar-refractivity contribution >= 4 is 23.3 Å². The molecule has 1 aromatic heterocycles. The van der Waals surface area contributed by atoms with Gasteiger partial charge in [-0.15, -0.1) is 5.10 Å². The van der Waals surface area contributed by atoms with Crippen LogP contribution in [-0.2, 0) is 4.79 Å². The number of halogens is 2. The van der Waals surface area contributed by atoms with Crippen molar-refractivity contribution < 1.29 is 18.4 Å². The van der Waals surface area contributed by atoms with Gasteiger partial charge in [-0.1, -0.05) is 18.2 Å². The summed E-state index contributed by atoms with van der Waals surface area (Å²) in [4.78, 5) is 28.8. The summed E-state index contributed by atoms with van der Waals surface area (Å²) in [7, 11) is 0. The molecule has 2 aliphatic heterocycles. The number of nitrogens with one attached hydrogen (secondary N) is 1. The van der Waals surface area contributed by atoms with Crippen LogP contribution in [0.25, 0.3) is 0 Å². The Morgan fingerprint density at radius 2 is 1.71 bits per heavy atom. The molecule has 35 heavy (non-hydrogen) atoms. The molecule has 0 bridgehead atoms. The van der Waals surface area contributed by atoms with E-state index in [0.29, 0.717) is 44.8 Å². The van der Waals surface area contributed by atoms with Crippen LogP contribution in [0.2, 0.25) is 0 Å². The van der Waals surface area contributed by atoms with Gasteiger partial charge in [-0.25, -0.2) is 8.78 Å². The molecule has 2 amide bonds. The van der Waals surface area contributed by atoms with E-state index in [1.165, 1.54) is 18.2 Å². The Morgan fingerprint density at radius 3 is 2.40 bits per heavy atom. The van der Waals surface area contributed by atoms with Gasteiger partial charge in [-0.05, 0) is 60.7 Å². The average molecular weight is 478 g/mol. The second kappa shape index (κ2) is 9.77. The van der Waals surface area contributed by atoms with Crippen molar-refractivity contribution in [2.75, 3.05) is 36.4 Å². The lowest BCUT2D eigenvalue weighted by molar-refractivity contribution is -0.120. The first-order valence-electron chi connectivity index (χ1n) is 11.7. The number of hydrogen-bond acceptors (Lipinski definition) is 5. The van der Waals surface area contributed by atoms with E-state index in [-0.39, 0.29) is 34.9 Å². The van der Waals surface area contributed by atoms with E-state index in [4.69, 9.17) is 0 Å². The van der Waals surface area contributed by atoms with Gasteiger partial charge in [0, 0.05) is 32.4 Å². The SMILES string of the molecule is O=C(Nc1ccc(C2CCN(C(=O)c3ccccc3F)CC2)cc1F)C1CN(c2cccnn2)C1. The van der Waals surface area contributed by atoms with Crippen LogP contribution >= 0.6 is 0 Å². The highest BCUT2D eigenvalue weighted by atomic mass is 19.1. The Labute approximate surface area is 201 Å². The van der Waals surface area contributed by atoms with Gasteiger partial charge in [0.05, 0.1) is 17.2 Å². The van der Waals surface area contributed by atoms with Crippen LogP contribution < -0.4 is 10.2 Å². The smallest absolute Gasteiger partial charge is 0.256 e. The van der Waals surface area contributed by atoms with Gasteiger partial charge in [0.15, 0.2) is 5.82 Å². The summed E-state index contributed by atoms with van der Waals surface area (Å²) in [5.41, 5.74) is 1.06. The first-order valence-corrected chi connectivity index (χ1v) is 11.7. The fourth-order valence-electron chi connectivity index (χ4n) is 4.64. The van der Waals surface area contributed by atoms with Crippen LogP contribution in [0.4, 0.5) is 20.3 Å². The second-order valence-electron chi connectivity index (χ2n) is 8.96. The second-order valence-corrected chi connectivity index (χ2v) is 8.96. The van der Waals surface area contributed by atoms with E-state index in [1.807, 2.05) is 17.0 Å². The van der Waals surface area contributed by atoms with Gasteiger partial charge in [-0.2, -0.15) is 5.10 Å². The number of piperidine rings is 1. The topological polar surface area (TPSA) is 78.4 Å². The van der Waals surface area contributed by atoms with Crippen LogP contribution in [-0.4, -0.2) is 53.1 Å². The zero-order valence-electron chi connectivity index (χ0n) is 19.0. The van der Waals surface area contributed by atoms with Crippen LogP contribution in [0.1, 0.15) is 34.7 Å². The Hall–Kier alpha value is -3.88. The van der Waals surface area contributed by atoms with Crippen LogP contribution in [0.5, 0.6) is 0 Å². The number of rotatable bonds is 5. The van der Waals surface area contributed by atoms with Crippen molar-refractivity contribution in [3.8, 4) is 0 Å². The Bertz CT molecular complexity index is 1230. The van der Waals surface area contributed by atoms with E-state index in [9.17, 15) is 18.4 Å². The monoisotopic (exact) mass is 477 g/mol. The number of carbonyl (C=O) groups excluding carboxylic acids is 2. The molecule has 3 heterocycles. The molecule has 9 heteroatoms. The maximum atomic E-state index is 14.8. The Kier molecular flexibility index (Phi) is 6.39. The van der Waals surface area contributed by atoms with Gasteiger partial charge in [0.25, 0.3) is 5.91 Å². The minimum Gasteiger partial charge on any atom is -0.353 e. The lowest BCUT2D eigenvalue weighted by atomic mass is 9.89. The highest BCUT2D eigenvalue weighted by Crippen LogP contribution is 2.31. The van der Waals surface area contributed by atoms with Gasteiger partial charge >= 0.3 is 0 Å². The molecule has 1 N–H and O–H groups in total. The van der Waals surface area contributed by atoms with Crippen LogP contribution in [0.15, 0.2) is 60.8 Å². The molecule has 0 spiro atoms. The summed E-state index contributed by atoms with van der Waals surface area (Å²) < 4.78 is 28.8. The number of hydrogen-bond donors (Lipinski definition) is 1. The molecule has 2 fully saturated rings. The van der Waals surface area contributed by atoms with Gasteiger partial charge < -0.3 is 15.1 Å². The zero-order chi connectivity index (χ0) is 24.4. The number of aromatic nitrogens is 2. The first-order chi connectivity index (χ1) is 17.0. The molecule has 0 saturated carbocycles. The molecule has 5 rings (SSSR count).